The number of halogens is 7. The van der Waals surface area contributed by atoms with Crippen LogP contribution < -0.4 is 53.2 Å². The van der Waals surface area contributed by atoms with E-state index in [1.54, 1.807) is 99.6 Å². The lowest BCUT2D eigenvalue weighted by Gasteiger charge is -2.45. The van der Waals surface area contributed by atoms with Crippen LogP contribution >= 0.6 is 23.2 Å². The smallest absolute Gasteiger partial charge is 0.293 e. The Morgan fingerprint density at radius 2 is 0.822 bits per heavy atom. The predicted molar refractivity (Wildman–Crippen MR) is 486 cm³/mol. The molecule has 38 heteroatoms. The molecule has 0 bridgehead atoms. The summed E-state index contributed by atoms with van der Waals surface area (Å²) in [6, 6.07) is 22.3. The van der Waals surface area contributed by atoms with Crippen LogP contribution in [0.4, 0.5) is 44.7 Å². The van der Waals surface area contributed by atoms with E-state index in [0.717, 1.165) is 53.8 Å². The summed E-state index contributed by atoms with van der Waals surface area (Å²) in [5.74, 6) is -13.7. The fourth-order valence-electron chi connectivity index (χ4n) is 19.8. The molecule has 6 aliphatic carbocycles. The second-order valence-corrected chi connectivity index (χ2v) is 37.8. The quantitative estimate of drug-likeness (QED) is 0.0123. The first-order valence-electron chi connectivity index (χ1n) is 44.3. The second-order valence-electron chi connectivity index (χ2n) is 37.0. The number of terminal acetylenes is 1. The van der Waals surface area contributed by atoms with Gasteiger partial charge in [-0.2, -0.15) is 0 Å². The molecule has 6 fully saturated rings. The highest BCUT2D eigenvalue weighted by atomic mass is 35.5. The number of benzene rings is 4. The van der Waals surface area contributed by atoms with Crippen molar-refractivity contribution in [3.63, 3.8) is 0 Å². The fourth-order valence-corrected chi connectivity index (χ4v) is 20.1. The van der Waals surface area contributed by atoms with Crippen LogP contribution in [0.5, 0.6) is 0 Å². The second kappa shape index (κ2) is 35.3. The van der Waals surface area contributed by atoms with Gasteiger partial charge in [-0.1, -0.05) is 70.2 Å². The van der Waals surface area contributed by atoms with Gasteiger partial charge in [0.15, 0.2) is 0 Å². The molecule has 0 saturated heterocycles. The highest BCUT2D eigenvalue weighted by molar-refractivity contribution is 6.46. The number of hydrogen-bond donors (Lipinski definition) is 10. The van der Waals surface area contributed by atoms with Crippen molar-refractivity contribution >= 4 is 128 Å². The van der Waals surface area contributed by atoms with Crippen molar-refractivity contribution in [3.05, 3.63) is 219 Å². The van der Waals surface area contributed by atoms with Crippen molar-refractivity contribution in [1.29, 1.82) is 0 Å². The molecule has 10 N–H and O–H groups in total. The monoisotopic (exact) mass is 1890 g/mol. The van der Waals surface area contributed by atoms with Crippen LogP contribution in [0.25, 0.3) is 0 Å². The maximum Gasteiger partial charge on any atom is 0.293 e. The van der Waals surface area contributed by atoms with Crippen LogP contribution in [0.15, 0.2) is 85.1 Å². The normalized spacial score (nSPS) is 19.1. The predicted octanol–water partition coefficient (Wildman–Crippen LogP) is 12.0. The van der Waals surface area contributed by atoms with Gasteiger partial charge in [-0.05, 0) is 232 Å². The van der Waals surface area contributed by atoms with Crippen molar-refractivity contribution in [2.24, 2.45) is 18.9 Å². The minimum atomic E-state index is -3.13. The molecule has 10 amide bonds. The molecule has 4 aliphatic heterocycles. The Hall–Kier alpha value is -13.7. The van der Waals surface area contributed by atoms with E-state index in [9.17, 15) is 89.1 Å². The number of nitrogens with one attached hydrogen (secondary N) is 10. The molecule has 4 atom stereocenters. The van der Waals surface area contributed by atoms with Gasteiger partial charge in [0.25, 0.3) is 82.2 Å². The first kappa shape index (κ1) is 94.5. The fraction of sp³-hybridized carbons (Fsp3) is 0.402. The summed E-state index contributed by atoms with van der Waals surface area (Å²) >= 11 is 12.4. The summed E-state index contributed by atoms with van der Waals surface area (Å²) < 4.78 is 77.4. The van der Waals surface area contributed by atoms with Gasteiger partial charge in [-0.3, -0.25) is 71.8 Å². The van der Waals surface area contributed by atoms with Crippen molar-refractivity contribution < 1.29 is 89.1 Å². The molecule has 6 saturated carbocycles. The van der Waals surface area contributed by atoms with Crippen molar-refractivity contribution in [1.82, 2.24) is 65.2 Å². The summed E-state index contributed by atoms with van der Waals surface area (Å²) in [7, 11) is 4.30. The molecule has 10 aliphatic rings. The zero-order valence-corrected chi connectivity index (χ0v) is 77.2. The number of likely N-dealkylation sites (N-methyl/N-ethyl adjacent to an activating group) is 2. The van der Waals surface area contributed by atoms with Gasteiger partial charge in [0, 0.05) is 128 Å². The number of Topliss-reactive ketones (excluding diaryl/α,β-unsaturated/α-hetero) is 4. The molecule has 9 heterocycles. The van der Waals surface area contributed by atoms with Crippen LogP contribution in [0.1, 0.15) is 245 Å². The van der Waals surface area contributed by atoms with E-state index in [2.05, 4.69) is 69.4 Å². The van der Waals surface area contributed by atoms with Crippen LogP contribution in [0.2, 0.25) is 10.0 Å². The molecule has 31 nitrogen and oxygen atoms in total. The van der Waals surface area contributed by atoms with Gasteiger partial charge in [0.2, 0.25) is 11.8 Å². The largest absolute Gasteiger partial charge is 0.357 e. The van der Waals surface area contributed by atoms with Crippen LogP contribution in [-0.2, 0) is 80.1 Å². The number of anilines is 4. The van der Waals surface area contributed by atoms with Crippen molar-refractivity contribution in [3.8, 4) is 12.3 Å². The van der Waals surface area contributed by atoms with Gasteiger partial charge < -0.3 is 71.4 Å². The third-order valence-corrected chi connectivity index (χ3v) is 28.1. The van der Waals surface area contributed by atoms with Crippen LogP contribution in [0, 0.1) is 85.4 Å². The van der Waals surface area contributed by atoms with Crippen molar-refractivity contribution in [2.45, 2.75) is 217 Å². The number of aryl methyl sites for hydroxylation is 5. The lowest BCUT2D eigenvalue weighted by atomic mass is 9.72. The third-order valence-electron chi connectivity index (χ3n) is 27.3. The topological polar surface area (TPSA) is 410 Å². The molecule has 135 heavy (non-hydrogen) atoms. The molecule has 0 spiro atoms. The number of aromatic nitrogens is 7. The molecule has 9 aromatic rings. The van der Waals surface area contributed by atoms with Gasteiger partial charge in [0.05, 0.1) is 34.0 Å². The Labute approximate surface area is 781 Å². The molecule has 0 unspecified atom stereocenters. The zero-order chi connectivity index (χ0) is 97.3. The average molecular weight is 1890 g/mol. The van der Waals surface area contributed by atoms with E-state index in [1.165, 1.54) is 26.2 Å². The van der Waals surface area contributed by atoms with Crippen LogP contribution in [-0.4, -0.2) is 158 Å². The molecule has 704 valence electrons. The number of nitrogens with zero attached hydrogens (tertiary/aromatic N) is 7. The number of carbonyl (C=O) groups is 14. The molecule has 0 radical (unpaired) electrons. The Morgan fingerprint density at radius 3 is 1.19 bits per heavy atom. The summed E-state index contributed by atoms with van der Waals surface area (Å²) in [4.78, 5) is 182. The van der Waals surface area contributed by atoms with E-state index >= 15 is 0 Å². The Morgan fingerprint density at radius 1 is 0.459 bits per heavy atom. The van der Waals surface area contributed by atoms with Gasteiger partial charge in [0.1, 0.15) is 50.9 Å². The van der Waals surface area contributed by atoms with E-state index in [-0.39, 0.29) is 63.8 Å². The lowest BCUT2D eigenvalue weighted by molar-refractivity contribution is -0.164. The van der Waals surface area contributed by atoms with Gasteiger partial charge in [-0.15, -0.1) is 11.5 Å². The van der Waals surface area contributed by atoms with Crippen LogP contribution in [0.3, 0.4) is 0 Å². The summed E-state index contributed by atoms with van der Waals surface area (Å²) in [5.41, 5.74) is 7.18. The summed E-state index contributed by atoms with van der Waals surface area (Å²) in [5, 5.41) is 35.0. The summed E-state index contributed by atoms with van der Waals surface area (Å²) in [6.45, 7) is 15.1. The summed E-state index contributed by atoms with van der Waals surface area (Å²) in [6.07, 6.45) is 12.0. The number of alkyl halides is 4. The number of hydrogen-bond acceptors (Lipinski definition) is 16. The number of fused-ring (bicyclic) bond motifs is 8. The molecule has 5 aromatic heterocycles. The Kier molecular flexibility index (Phi) is 24.7. The van der Waals surface area contributed by atoms with Gasteiger partial charge >= 0.3 is 0 Å². The first-order chi connectivity index (χ1) is 63.8. The lowest BCUT2D eigenvalue weighted by Crippen LogP contribution is -2.69. The molecular formula is C97H98Cl2F5N17O14. The number of amides is 10. The van der Waals surface area contributed by atoms with E-state index < -0.39 is 130 Å². The van der Waals surface area contributed by atoms with Gasteiger partial charge in [-0.25, -0.2) is 22.0 Å². The van der Waals surface area contributed by atoms with E-state index in [4.69, 9.17) is 29.6 Å². The van der Waals surface area contributed by atoms with E-state index in [1.807, 2.05) is 58.7 Å². The number of ketones is 4. The highest BCUT2D eigenvalue weighted by Crippen LogP contribution is 2.57. The minimum absolute atomic E-state index is 0.0151. The SMILES string of the molecule is C#CC1(NC(=O)C(=O)c2c(C)c(C(=O)Nc3ccc(C)c(Cl)c3)n3c2CCC3)CC1.CNC(=O)C1(NC(=O)C(=O)c2c(C)c(C(=O)Nc3ccc(C)c(F)c3)n3c2C[C@H]2C[C@H]23)CC(F)(F)C1.CNC(=O)C1(NC(=O)C(=O)c2c(C)c(C(=O)Nc3ccc(C)cc3)n3c2C[C@H]2C[C@H]23)CC(F)(F)C1.Cc1ccc(NC(=O)c2c(C)c(C(=O)C(=O)NC3(c4cn(C)nn4)CC3)c3n2CCC3)cc1Cl. The zero-order valence-electron chi connectivity index (χ0n) is 75.7. The average Bonchev–Trinajstić information content (AvgIpc) is 1.44. The third kappa shape index (κ3) is 17.8. The Balaban J connectivity index is 0.000000131. The Bertz CT molecular complexity index is 6680. The molecule has 4 aromatic carbocycles. The molecule has 19 rings (SSSR count). The minimum Gasteiger partial charge on any atom is -0.357 e. The molecular weight excluding hydrogens is 1790 g/mol. The maximum absolute atomic E-state index is 14.0. The van der Waals surface area contributed by atoms with Crippen molar-refractivity contribution in [2.75, 3.05) is 35.4 Å². The number of carbonyl (C=O) groups excluding carboxylic acids is 14. The standard InChI is InChI=1S/C25H25F3N4O4.C25H26F2N4O4.C24H25ClN6O3.C23H22ClN3O3/c1-11-4-5-14(8-15(11)26)30-21(34)19-12(2)18(17-7-13-6-16(13)32(17)19)20(33)22(35)31-24(23(36)29-3)9-25(27,28)10-24;1-12-4-6-15(7-5-12)29-21(33)19-13(2)18(17-9-14-8-16(14)31(17)19)20(32)22(34)30-24(23(35)28-3)10-25(26,27)11-24;1-13-6-7-15(11-16(13)25)26-22(33)20-14(2)19(17-5-4-10-31(17)20)21(32)23(34)27-24(8-9-24)18-12-30(3)29-28-18;1-4-23(9-10-23)26-22(30)20(28)18-14(3)19(27-11-5-6-17(18)27)21(29)25-15-8-7-13(2)16(24)12-15/h4-5,8,13,16H,6-7,9-10H2,1-3H3,(H,29,36)(H,30,34)(H,31,35);4-7,14,16H,8-11H2,1-3H3,(H,28,35)(H,29,33)(H,30,34);6-7,11-12H,4-5,8-10H2,1-3H3,(H,26,33)(H,27,34);1,7-8,12H,5-6,9-11H2,2-3H3,(H,25,29)(H,26,30)/t13-,16-;14-,16-;;/m11../s1. The first-order valence-corrected chi connectivity index (χ1v) is 45.1. The highest BCUT2D eigenvalue weighted by Gasteiger charge is 2.64. The van der Waals surface area contributed by atoms with E-state index in [0.29, 0.717) is 165 Å². The number of rotatable bonds is 23. The maximum atomic E-state index is 14.0.